The maximum atomic E-state index is 14.1. The lowest BCUT2D eigenvalue weighted by Gasteiger charge is -2.50. The molecule has 2 bridgehead atoms. The maximum Gasteiger partial charge on any atom is 0.316 e. The summed E-state index contributed by atoms with van der Waals surface area (Å²) in [4.78, 5) is 24.8. The molecule has 4 heterocycles. The summed E-state index contributed by atoms with van der Waals surface area (Å²) in [5, 5.41) is 34.5. The summed E-state index contributed by atoms with van der Waals surface area (Å²) in [6.07, 6.45) is 9.92. The molecule has 1 spiro atoms. The van der Waals surface area contributed by atoms with Crippen LogP contribution in [0.3, 0.4) is 0 Å². The second kappa shape index (κ2) is 14.8. The number of fused-ring (bicyclic) bond motifs is 2. The zero-order chi connectivity index (χ0) is 35.8. The topological polar surface area (TPSA) is 147 Å². The van der Waals surface area contributed by atoms with Crippen molar-refractivity contribution < 1.29 is 43.6 Å². The second-order valence-corrected chi connectivity index (χ2v) is 14.9. The Hall–Kier alpha value is -3.19. The number of non-ortho nitro benzene ring substituents is 1. The average molecular weight is 694 g/mol. The van der Waals surface area contributed by atoms with Gasteiger partial charge >= 0.3 is 5.97 Å². The van der Waals surface area contributed by atoms with Crippen molar-refractivity contribution in [3.63, 3.8) is 0 Å². The van der Waals surface area contributed by atoms with Crippen LogP contribution in [0.4, 0.5) is 5.69 Å². The van der Waals surface area contributed by atoms with Gasteiger partial charge in [0.15, 0.2) is 5.79 Å². The van der Waals surface area contributed by atoms with Gasteiger partial charge in [0.05, 0.1) is 36.4 Å². The Bertz CT molecular complexity index is 1550. The van der Waals surface area contributed by atoms with Gasteiger partial charge in [0.25, 0.3) is 5.69 Å². The SMILES string of the molecule is CC[C@H]1O[C@]2(CC[C@@H]1C)C[C@@H]1C[C@@H](C/C=C(\C)[C@H](OCc3ccc([N+](=O)[O-])cc3)[C@@H](C)/C=C/C=C3\CO[C@@H]4[C@H](O)C(C)=C[C@@H](C(=O)O1)[C@]34O)O2. The standard InChI is InChI=1S/C39H51NO10/c1-6-33-23(2)16-17-38(50-33)20-31-19-30(49-38)15-10-25(4)35(46-21-27-11-13-29(14-12-27)40(44)45)24(3)8-7-9-28-22-47-36-34(41)26(5)18-32(37(42)48-31)39(28,36)43/h7-14,18,23-24,30-36,41,43H,6,15-17,19-22H2,1-5H3/b8-7+,25-10+,28-9+/t23-,24-,30+,31-,32-,33+,34+,35+,36+,38+,39+/m0/s1. The number of allylic oxidation sites excluding steroid dienone is 2. The van der Waals surface area contributed by atoms with Gasteiger partial charge in [0, 0.05) is 37.3 Å². The molecule has 272 valence electrons. The molecule has 11 atom stereocenters. The lowest BCUT2D eigenvalue weighted by molar-refractivity contribution is -0.384. The molecule has 1 aromatic carbocycles. The van der Waals surface area contributed by atoms with E-state index in [0.29, 0.717) is 42.7 Å². The minimum Gasteiger partial charge on any atom is -0.462 e. The number of rotatable bonds is 5. The smallest absolute Gasteiger partial charge is 0.316 e. The summed E-state index contributed by atoms with van der Waals surface area (Å²) in [5.41, 5.74) is 1.06. The van der Waals surface area contributed by atoms with Gasteiger partial charge in [-0.2, -0.15) is 0 Å². The van der Waals surface area contributed by atoms with Crippen molar-refractivity contribution >= 4 is 11.7 Å². The van der Waals surface area contributed by atoms with E-state index in [0.717, 1.165) is 24.0 Å². The summed E-state index contributed by atoms with van der Waals surface area (Å²) in [7, 11) is 0. The van der Waals surface area contributed by atoms with Gasteiger partial charge in [-0.05, 0) is 73.4 Å². The minimum atomic E-state index is -1.80. The van der Waals surface area contributed by atoms with Crippen LogP contribution in [-0.4, -0.2) is 75.7 Å². The van der Waals surface area contributed by atoms with E-state index in [-0.39, 0.29) is 43.1 Å². The van der Waals surface area contributed by atoms with E-state index in [1.807, 2.05) is 26.0 Å². The fraction of sp³-hybridized carbons (Fsp3) is 0.615. The quantitative estimate of drug-likeness (QED) is 0.162. The van der Waals surface area contributed by atoms with E-state index in [1.165, 1.54) is 12.1 Å². The van der Waals surface area contributed by atoms with Crippen molar-refractivity contribution in [3.05, 3.63) is 87.0 Å². The second-order valence-electron chi connectivity index (χ2n) is 14.9. The van der Waals surface area contributed by atoms with Crippen molar-refractivity contribution in [2.75, 3.05) is 6.61 Å². The Kier molecular flexibility index (Phi) is 10.8. The molecule has 6 rings (SSSR count). The van der Waals surface area contributed by atoms with Crippen molar-refractivity contribution in [2.45, 2.75) is 128 Å². The number of aliphatic hydroxyl groups is 2. The van der Waals surface area contributed by atoms with Crippen LogP contribution in [0.5, 0.6) is 0 Å². The molecule has 1 aliphatic carbocycles. The molecule has 5 aliphatic rings. The van der Waals surface area contributed by atoms with Crippen molar-refractivity contribution in [3.8, 4) is 0 Å². The van der Waals surface area contributed by atoms with E-state index in [4.69, 9.17) is 23.7 Å². The Morgan fingerprint density at radius 2 is 1.86 bits per heavy atom. The predicted molar refractivity (Wildman–Crippen MR) is 185 cm³/mol. The van der Waals surface area contributed by atoms with Gasteiger partial charge in [0.1, 0.15) is 29.8 Å². The van der Waals surface area contributed by atoms with Crippen LogP contribution in [-0.2, 0) is 35.1 Å². The van der Waals surface area contributed by atoms with E-state index in [2.05, 4.69) is 19.9 Å². The largest absolute Gasteiger partial charge is 0.462 e. The van der Waals surface area contributed by atoms with Crippen LogP contribution in [0.25, 0.3) is 0 Å². The van der Waals surface area contributed by atoms with Crippen LogP contribution in [0.15, 0.2) is 71.4 Å². The average Bonchev–Trinajstić information content (AvgIpc) is 3.43. The lowest BCUT2D eigenvalue weighted by Crippen LogP contribution is -2.58. The molecular formula is C39H51NO10. The van der Waals surface area contributed by atoms with Gasteiger partial charge < -0.3 is 33.9 Å². The first kappa shape index (κ1) is 36.6. The number of nitrogens with zero attached hydrogens (tertiary/aromatic N) is 1. The Morgan fingerprint density at radius 1 is 1.10 bits per heavy atom. The first-order valence-electron chi connectivity index (χ1n) is 18.0. The molecule has 50 heavy (non-hydrogen) atoms. The predicted octanol–water partition coefficient (Wildman–Crippen LogP) is 6.03. The van der Waals surface area contributed by atoms with Gasteiger partial charge in [-0.25, -0.2) is 0 Å². The fourth-order valence-electron chi connectivity index (χ4n) is 8.35. The zero-order valence-corrected chi connectivity index (χ0v) is 29.7. The number of benzene rings is 1. The number of nitro groups is 1. The molecule has 0 radical (unpaired) electrons. The number of ether oxygens (including phenoxy) is 5. The van der Waals surface area contributed by atoms with Gasteiger partial charge in [-0.1, -0.05) is 51.2 Å². The summed E-state index contributed by atoms with van der Waals surface area (Å²) < 4.78 is 32.2. The number of nitro benzene ring substituents is 1. The molecule has 4 aliphatic heterocycles. The van der Waals surface area contributed by atoms with Crippen LogP contribution < -0.4 is 0 Å². The summed E-state index contributed by atoms with van der Waals surface area (Å²) >= 11 is 0. The number of esters is 1. The molecule has 3 saturated heterocycles. The molecule has 11 heteroatoms. The highest BCUT2D eigenvalue weighted by molar-refractivity contribution is 5.78. The first-order valence-corrected chi connectivity index (χ1v) is 18.0. The van der Waals surface area contributed by atoms with Crippen LogP contribution in [0, 0.1) is 27.9 Å². The third-order valence-corrected chi connectivity index (χ3v) is 11.3. The molecular weight excluding hydrogens is 642 g/mol. The van der Waals surface area contributed by atoms with E-state index in [1.54, 1.807) is 31.2 Å². The Morgan fingerprint density at radius 3 is 2.58 bits per heavy atom. The Balaban J connectivity index is 1.36. The van der Waals surface area contributed by atoms with Gasteiger partial charge in [-0.15, -0.1) is 0 Å². The van der Waals surface area contributed by atoms with Crippen molar-refractivity contribution in [2.24, 2.45) is 17.8 Å². The van der Waals surface area contributed by atoms with E-state index < -0.39 is 46.5 Å². The number of hydrogen-bond acceptors (Lipinski definition) is 10. The third kappa shape index (κ3) is 7.26. The highest BCUT2D eigenvalue weighted by Crippen LogP contribution is 2.47. The summed E-state index contributed by atoms with van der Waals surface area (Å²) in [6.45, 7) is 10.4. The number of aliphatic hydroxyl groups excluding tert-OH is 1. The van der Waals surface area contributed by atoms with Crippen molar-refractivity contribution in [1.29, 1.82) is 0 Å². The third-order valence-electron chi connectivity index (χ3n) is 11.3. The molecule has 2 N–H and O–H groups in total. The van der Waals surface area contributed by atoms with Crippen molar-refractivity contribution in [1.82, 2.24) is 0 Å². The fourth-order valence-corrected chi connectivity index (χ4v) is 8.35. The van der Waals surface area contributed by atoms with Crippen LogP contribution >= 0.6 is 0 Å². The summed E-state index contributed by atoms with van der Waals surface area (Å²) in [5.74, 6) is -2.27. The zero-order valence-electron chi connectivity index (χ0n) is 29.7. The van der Waals surface area contributed by atoms with Crippen LogP contribution in [0.1, 0.15) is 78.7 Å². The monoisotopic (exact) mass is 693 g/mol. The molecule has 1 aromatic rings. The van der Waals surface area contributed by atoms with Crippen LogP contribution in [0.2, 0.25) is 0 Å². The molecule has 0 amide bonds. The number of hydrogen-bond donors (Lipinski definition) is 2. The highest BCUT2D eigenvalue weighted by Gasteiger charge is 2.60. The maximum absolute atomic E-state index is 14.1. The molecule has 0 unspecified atom stereocenters. The molecule has 11 nitrogen and oxygen atoms in total. The van der Waals surface area contributed by atoms with E-state index in [9.17, 15) is 25.1 Å². The normalized spacial score (nSPS) is 41.9. The van der Waals surface area contributed by atoms with Gasteiger partial charge in [0.2, 0.25) is 0 Å². The minimum absolute atomic E-state index is 0.0212. The summed E-state index contributed by atoms with van der Waals surface area (Å²) in [6, 6.07) is 6.34. The highest BCUT2D eigenvalue weighted by atomic mass is 16.7. The first-order chi connectivity index (χ1) is 23.8. The Labute approximate surface area is 294 Å². The van der Waals surface area contributed by atoms with E-state index >= 15 is 0 Å². The number of carbonyl (C=O) groups is 1. The molecule has 0 saturated carbocycles. The molecule has 3 fully saturated rings. The lowest BCUT2D eigenvalue weighted by atomic mass is 9.71. The van der Waals surface area contributed by atoms with Gasteiger partial charge in [-0.3, -0.25) is 14.9 Å². The number of carbonyl (C=O) groups excluding carboxylic acids is 1. The molecule has 0 aromatic heterocycles.